The lowest BCUT2D eigenvalue weighted by Crippen LogP contribution is -2.33. The minimum Gasteiger partial charge on any atom is -0.340 e. The molecule has 6 heteroatoms. The van der Waals surface area contributed by atoms with Crippen LogP contribution in [0.3, 0.4) is 0 Å². The van der Waals surface area contributed by atoms with Crippen LogP contribution in [0.25, 0.3) is 10.9 Å². The number of aromatic nitrogens is 2. The molecule has 4 rings (SSSR count). The normalized spacial score (nSPS) is 14.8. The van der Waals surface area contributed by atoms with Gasteiger partial charge in [0, 0.05) is 24.2 Å². The highest BCUT2D eigenvalue weighted by molar-refractivity contribution is 5.97. The molecule has 0 radical (unpaired) electrons. The fourth-order valence-corrected chi connectivity index (χ4v) is 3.35. The largest absolute Gasteiger partial charge is 0.340 e. The van der Waals surface area contributed by atoms with Gasteiger partial charge in [-0.25, -0.2) is 14.4 Å². The molecule has 1 N–H and O–H groups in total. The number of amides is 1. The number of likely N-dealkylation sites (tertiary alicyclic amines) is 1. The molecule has 0 unspecified atom stereocenters. The van der Waals surface area contributed by atoms with Crippen molar-refractivity contribution in [3.05, 3.63) is 60.2 Å². The summed E-state index contributed by atoms with van der Waals surface area (Å²) in [5.41, 5.74) is 1.41. The first-order chi connectivity index (χ1) is 13.2. The van der Waals surface area contributed by atoms with Crippen molar-refractivity contribution in [2.75, 3.05) is 18.4 Å². The number of anilines is 2. The molecule has 1 saturated heterocycles. The first kappa shape index (κ1) is 17.4. The molecule has 0 atom stereocenters. The SMILES string of the molecule is O=C(c1nc(Nc2ccc(F)cc2)c2ccccc2n1)N1CCCCCC1. The van der Waals surface area contributed by atoms with E-state index in [1.54, 1.807) is 12.1 Å². The summed E-state index contributed by atoms with van der Waals surface area (Å²) in [6, 6.07) is 13.6. The standard InChI is InChI=1S/C21H21FN4O/c22-15-9-11-16(12-10-15)23-19-17-7-3-4-8-18(17)24-20(25-19)21(27)26-13-5-1-2-6-14-26/h3-4,7-12H,1-2,5-6,13-14H2,(H,23,24,25). The molecule has 1 aliphatic rings. The third-order valence-electron chi connectivity index (χ3n) is 4.79. The summed E-state index contributed by atoms with van der Waals surface area (Å²) in [5.74, 6) is 0.306. The van der Waals surface area contributed by atoms with E-state index in [1.165, 1.54) is 12.1 Å². The van der Waals surface area contributed by atoms with E-state index in [2.05, 4.69) is 15.3 Å². The van der Waals surface area contributed by atoms with Crippen LogP contribution in [-0.2, 0) is 0 Å². The lowest BCUT2D eigenvalue weighted by molar-refractivity contribution is 0.0750. The molecule has 3 aromatic rings. The zero-order valence-corrected chi connectivity index (χ0v) is 15.0. The number of hydrogen-bond donors (Lipinski definition) is 1. The molecular weight excluding hydrogens is 343 g/mol. The summed E-state index contributed by atoms with van der Waals surface area (Å²) >= 11 is 0. The Bertz CT molecular complexity index is 950. The summed E-state index contributed by atoms with van der Waals surface area (Å²) in [5, 5.41) is 4.01. The van der Waals surface area contributed by atoms with E-state index < -0.39 is 0 Å². The first-order valence-corrected chi connectivity index (χ1v) is 9.29. The predicted molar refractivity (Wildman–Crippen MR) is 104 cm³/mol. The van der Waals surface area contributed by atoms with Gasteiger partial charge in [0.1, 0.15) is 11.6 Å². The van der Waals surface area contributed by atoms with Crippen molar-refractivity contribution in [2.24, 2.45) is 0 Å². The third kappa shape index (κ3) is 3.89. The van der Waals surface area contributed by atoms with Crippen molar-refractivity contribution in [2.45, 2.75) is 25.7 Å². The average Bonchev–Trinajstić information content (AvgIpc) is 2.98. The second kappa shape index (κ2) is 7.70. The van der Waals surface area contributed by atoms with Crippen LogP contribution in [-0.4, -0.2) is 33.9 Å². The van der Waals surface area contributed by atoms with E-state index in [-0.39, 0.29) is 17.5 Å². The van der Waals surface area contributed by atoms with Crippen LogP contribution < -0.4 is 5.32 Å². The van der Waals surface area contributed by atoms with Gasteiger partial charge in [-0.2, -0.15) is 0 Å². The minimum atomic E-state index is -0.301. The monoisotopic (exact) mass is 364 g/mol. The van der Waals surface area contributed by atoms with Gasteiger partial charge in [-0.1, -0.05) is 25.0 Å². The third-order valence-corrected chi connectivity index (χ3v) is 4.79. The van der Waals surface area contributed by atoms with Crippen LogP contribution in [0.1, 0.15) is 36.3 Å². The van der Waals surface area contributed by atoms with Gasteiger partial charge in [0.15, 0.2) is 0 Å². The minimum absolute atomic E-state index is 0.134. The molecule has 0 spiro atoms. The Kier molecular flexibility index (Phi) is 4.96. The number of carbonyl (C=O) groups is 1. The van der Waals surface area contributed by atoms with E-state index in [9.17, 15) is 9.18 Å². The molecule has 1 aromatic heterocycles. The highest BCUT2D eigenvalue weighted by Crippen LogP contribution is 2.24. The zero-order chi connectivity index (χ0) is 18.6. The Labute approximate surface area is 157 Å². The Morgan fingerprint density at radius 2 is 1.63 bits per heavy atom. The number of rotatable bonds is 3. The van der Waals surface area contributed by atoms with Gasteiger partial charge in [0.2, 0.25) is 5.82 Å². The Balaban J connectivity index is 1.71. The van der Waals surface area contributed by atoms with Crippen molar-refractivity contribution < 1.29 is 9.18 Å². The van der Waals surface area contributed by atoms with Crippen LogP contribution in [0, 0.1) is 5.82 Å². The van der Waals surface area contributed by atoms with Crippen LogP contribution in [0.5, 0.6) is 0 Å². The number of hydrogen-bond acceptors (Lipinski definition) is 4. The smallest absolute Gasteiger partial charge is 0.291 e. The van der Waals surface area contributed by atoms with E-state index in [1.807, 2.05) is 29.2 Å². The number of nitrogens with zero attached hydrogens (tertiary/aromatic N) is 3. The molecule has 0 saturated carbocycles. The van der Waals surface area contributed by atoms with Gasteiger partial charge in [-0.3, -0.25) is 4.79 Å². The Morgan fingerprint density at radius 3 is 2.37 bits per heavy atom. The number of halogens is 1. The lowest BCUT2D eigenvalue weighted by Gasteiger charge is -2.20. The summed E-state index contributed by atoms with van der Waals surface area (Å²) in [6.45, 7) is 1.49. The molecular formula is C21H21FN4O. The molecule has 2 heterocycles. The molecule has 1 aliphatic heterocycles. The van der Waals surface area contributed by atoms with Gasteiger partial charge in [-0.15, -0.1) is 0 Å². The van der Waals surface area contributed by atoms with Crippen LogP contribution in [0.4, 0.5) is 15.9 Å². The van der Waals surface area contributed by atoms with Crippen molar-refractivity contribution >= 4 is 28.3 Å². The molecule has 5 nitrogen and oxygen atoms in total. The zero-order valence-electron chi connectivity index (χ0n) is 15.0. The summed E-state index contributed by atoms with van der Waals surface area (Å²) in [4.78, 5) is 23.8. The molecule has 0 bridgehead atoms. The maximum Gasteiger partial charge on any atom is 0.291 e. The van der Waals surface area contributed by atoms with Crippen molar-refractivity contribution in [1.82, 2.24) is 14.9 Å². The van der Waals surface area contributed by atoms with Gasteiger partial charge >= 0.3 is 0 Å². The number of carbonyl (C=O) groups excluding carboxylic acids is 1. The maximum atomic E-state index is 13.2. The fraction of sp³-hybridized carbons (Fsp3) is 0.286. The molecule has 1 amide bonds. The van der Waals surface area contributed by atoms with Crippen LogP contribution in [0.2, 0.25) is 0 Å². The number of para-hydroxylation sites is 1. The fourth-order valence-electron chi connectivity index (χ4n) is 3.35. The number of nitrogens with one attached hydrogen (secondary N) is 1. The number of benzene rings is 2. The van der Waals surface area contributed by atoms with Gasteiger partial charge in [0.05, 0.1) is 5.52 Å². The van der Waals surface area contributed by atoms with Gasteiger partial charge in [-0.05, 0) is 49.2 Å². The van der Waals surface area contributed by atoms with Crippen molar-refractivity contribution in [3.63, 3.8) is 0 Å². The molecule has 138 valence electrons. The molecule has 1 fully saturated rings. The van der Waals surface area contributed by atoms with E-state index in [0.29, 0.717) is 17.0 Å². The molecule has 0 aliphatic carbocycles. The average molecular weight is 364 g/mol. The van der Waals surface area contributed by atoms with E-state index in [0.717, 1.165) is 44.2 Å². The van der Waals surface area contributed by atoms with Gasteiger partial charge in [0.25, 0.3) is 5.91 Å². The Morgan fingerprint density at radius 1 is 0.926 bits per heavy atom. The highest BCUT2D eigenvalue weighted by atomic mass is 19.1. The van der Waals surface area contributed by atoms with Crippen molar-refractivity contribution in [3.8, 4) is 0 Å². The van der Waals surface area contributed by atoms with E-state index >= 15 is 0 Å². The van der Waals surface area contributed by atoms with Crippen LogP contribution in [0.15, 0.2) is 48.5 Å². The van der Waals surface area contributed by atoms with Crippen LogP contribution >= 0.6 is 0 Å². The molecule has 27 heavy (non-hydrogen) atoms. The van der Waals surface area contributed by atoms with Crippen molar-refractivity contribution in [1.29, 1.82) is 0 Å². The lowest BCUT2D eigenvalue weighted by atomic mass is 10.2. The Hall–Kier alpha value is -3.02. The summed E-state index contributed by atoms with van der Waals surface area (Å²) in [6.07, 6.45) is 4.33. The second-order valence-electron chi connectivity index (χ2n) is 6.75. The quantitative estimate of drug-likeness (QED) is 0.742. The predicted octanol–water partition coefficient (Wildman–Crippen LogP) is 4.53. The van der Waals surface area contributed by atoms with Gasteiger partial charge < -0.3 is 10.2 Å². The second-order valence-corrected chi connectivity index (χ2v) is 6.75. The maximum absolute atomic E-state index is 13.2. The summed E-state index contributed by atoms with van der Waals surface area (Å²) in [7, 11) is 0. The number of fused-ring (bicyclic) bond motifs is 1. The highest BCUT2D eigenvalue weighted by Gasteiger charge is 2.21. The van der Waals surface area contributed by atoms with E-state index in [4.69, 9.17) is 0 Å². The molecule has 2 aromatic carbocycles. The summed E-state index contributed by atoms with van der Waals surface area (Å²) < 4.78 is 13.2. The first-order valence-electron chi connectivity index (χ1n) is 9.29. The topological polar surface area (TPSA) is 58.1 Å².